The molecule has 5 heterocycles. The first-order chi connectivity index (χ1) is 14.4. The van der Waals surface area contributed by atoms with E-state index < -0.39 is 0 Å². The summed E-state index contributed by atoms with van der Waals surface area (Å²) in [6.45, 7) is 0.996. The van der Waals surface area contributed by atoms with Crippen LogP contribution in [0.5, 0.6) is 0 Å². The predicted molar refractivity (Wildman–Crippen MR) is 114 cm³/mol. The highest BCUT2D eigenvalue weighted by Crippen LogP contribution is 2.43. The van der Waals surface area contributed by atoms with Crippen LogP contribution in [0.3, 0.4) is 0 Å². The van der Waals surface area contributed by atoms with Crippen molar-refractivity contribution in [3.8, 4) is 11.4 Å². The summed E-state index contributed by atoms with van der Waals surface area (Å²) in [5.41, 5.74) is 2.39. The summed E-state index contributed by atoms with van der Waals surface area (Å²) in [5.74, 6) is 1.85. The molecule has 0 saturated heterocycles. The van der Waals surface area contributed by atoms with Crippen LogP contribution in [0.4, 0.5) is 0 Å². The lowest BCUT2D eigenvalue weighted by Crippen LogP contribution is -2.02. The fourth-order valence-electron chi connectivity index (χ4n) is 4.28. The van der Waals surface area contributed by atoms with E-state index in [0.29, 0.717) is 0 Å². The number of nitrogens with zero attached hydrogens (tertiary/aromatic N) is 6. The van der Waals surface area contributed by atoms with E-state index in [9.17, 15) is 0 Å². The van der Waals surface area contributed by atoms with Crippen LogP contribution in [0.25, 0.3) is 21.6 Å². The van der Waals surface area contributed by atoms with Gasteiger partial charge in [0.25, 0.3) is 0 Å². The zero-order valence-electron chi connectivity index (χ0n) is 16.0. The molecule has 4 aromatic rings. The second-order valence-electron chi connectivity index (χ2n) is 7.59. The summed E-state index contributed by atoms with van der Waals surface area (Å²) in [7, 11) is 0. The number of fused-ring (bicyclic) bond motifs is 4. The van der Waals surface area contributed by atoms with E-state index in [4.69, 9.17) is 9.97 Å². The molecule has 0 amide bonds. The average Bonchev–Trinajstić information content (AvgIpc) is 3.39. The van der Waals surface area contributed by atoms with Crippen LogP contribution in [0.15, 0.2) is 34.7 Å². The van der Waals surface area contributed by atoms with Crippen molar-refractivity contribution in [2.45, 2.75) is 61.7 Å². The molecule has 0 unspecified atom stereocenters. The van der Waals surface area contributed by atoms with E-state index in [0.717, 1.165) is 58.0 Å². The number of aryl methyl sites for hydroxylation is 3. The fourth-order valence-corrected chi connectivity index (χ4v) is 6.62. The Morgan fingerprint density at radius 2 is 2.00 bits per heavy atom. The van der Waals surface area contributed by atoms with Gasteiger partial charge in [-0.1, -0.05) is 6.42 Å². The Morgan fingerprint density at radius 1 is 1.00 bits per heavy atom. The highest BCUT2D eigenvalue weighted by atomic mass is 32.2. The van der Waals surface area contributed by atoms with Crippen molar-refractivity contribution < 1.29 is 0 Å². The van der Waals surface area contributed by atoms with Crippen molar-refractivity contribution in [3.05, 3.63) is 40.8 Å². The monoisotopic (exact) mass is 420 g/mol. The minimum atomic E-state index is 0.739. The number of hydrogen-bond donors (Lipinski definition) is 0. The van der Waals surface area contributed by atoms with Gasteiger partial charge in [-0.2, -0.15) is 0 Å². The first kappa shape index (κ1) is 17.5. The van der Waals surface area contributed by atoms with Crippen LogP contribution < -0.4 is 0 Å². The SMILES string of the molecule is c1cncc(-c2nc(Sc3nnc4n3CCCCC4)c3c4c(sc3n2)CCC4)c1. The quantitative estimate of drug-likeness (QED) is 0.447. The lowest BCUT2D eigenvalue weighted by molar-refractivity contribution is 0.591. The Kier molecular flexibility index (Phi) is 4.34. The zero-order chi connectivity index (χ0) is 19.2. The third-order valence-corrected chi connectivity index (χ3v) is 7.87. The van der Waals surface area contributed by atoms with Crippen LogP contribution in [0.2, 0.25) is 0 Å². The summed E-state index contributed by atoms with van der Waals surface area (Å²) < 4.78 is 2.29. The molecule has 0 radical (unpaired) electrons. The second-order valence-corrected chi connectivity index (χ2v) is 9.63. The van der Waals surface area contributed by atoms with Crippen molar-refractivity contribution in [1.29, 1.82) is 0 Å². The Hall–Kier alpha value is -2.32. The average molecular weight is 421 g/mol. The topological polar surface area (TPSA) is 69.4 Å². The van der Waals surface area contributed by atoms with E-state index in [1.807, 2.05) is 29.7 Å². The Morgan fingerprint density at radius 3 is 2.93 bits per heavy atom. The molecule has 6 rings (SSSR count). The molecule has 0 atom stereocenters. The van der Waals surface area contributed by atoms with E-state index in [1.165, 1.54) is 41.5 Å². The van der Waals surface area contributed by atoms with Gasteiger partial charge >= 0.3 is 0 Å². The van der Waals surface area contributed by atoms with Gasteiger partial charge in [-0.15, -0.1) is 21.5 Å². The molecule has 1 aliphatic carbocycles. The van der Waals surface area contributed by atoms with Gasteiger partial charge in [0, 0.05) is 41.2 Å². The number of rotatable bonds is 3. The molecular weight excluding hydrogens is 400 g/mol. The van der Waals surface area contributed by atoms with Crippen molar-refractivity contribution >= 4 is 33.3 Å². The van der Waals surface area contributed by atoms with Gasteiger partial charge in [0.1, 0.15) is 15.7 Å². The number of pyridine rings is 1. The van der Waals surface area contributed by atoms with Crippen LogP contribution in [0, 0.1) is 0 Å². The van der Waals surface area contributed by atoms with Gasteiger partial charge in [0.2, 0.25) is 0 Å². The molecule has 2 aliphatic rings. The summed E-state index contributed by atoms with van der Waals surface area (Å²) in [5, 5.41) is 12.2. The summed E-state index contributed by atoms with van der Waals surface area (Å²) in [6, 6.07) is 3.95. The van der Waals surface area contributed by atoms with Crippen LogP contribution >= 0.6 is 23.1 Å². The summed E-state index contributed by atoms with van der Waals surface area (Å²) >= 11 is 3.48. The van der Waals surface area contributed by atoms with Crippen LogP contribution in [-0.4, -0.2) is 29.7 Å². The summed E-state index contributed by atoms with van der Waals surface area (Å²) in [6.07, 6.45) is 11.8. The Balaban J connectivity index is 1.51. The molecule has 6 nitrogen and oxygen atoms in total. The van der Waals surface area contributed by atoms with E-state index in [2.05, 4.69) is 19.7 Å². The maximum Gasteiger partial charge on any atom is 0.197 e. The van der Waals surface area contributed by atoms with Crippen molar-refractivity contribution in [1.82, 2.24) is 29.7 Å². The molecule has 0 aromatic carbocycles. The van der Waals surface area contributed by atoms with Crippen molar-refractivity contribution in [3.63, 3.8) is 0 Å². The molecule has 4 aromatic heterocycles. The minimum absolute atomic E-state index is 0.739. The Labute approximate surface area is 176 Å². The first-order valence-corrected chi connectivity index (χ1v) is 11.8. The number of thiophene rings is 1. The van der Waals surface area contributed by atoms with E-state index in [-0.39, 0.29) is 0 Å². The molecule has 0 fully saturated rings. The third kappa shape index (κ3) is 3.05. The maximum absolute atomic E-state index is 5.01. The van der Waals surface area contributed by atoms with Gasteiger partial charge in [0.05, 0.1) is 0 Å². The van der Waals surface area contributed by atoms with Gasteiger partial charge in [-0.25, -0.2) is 9.97 Å². The van der Waals surface area contributed by atoms with Gasteiger partial charge in [-0.3, -0.25) is 4.98 Å². The van der Waals surface area contributed by atoms with Gasteiger partial charge < -0.3 is 4.57 Å². The molecule has 0 N–H and O–H groups in total. The fraction of sp³-hybridized carbons (Fsp3) is 0.381. The third-order valence-electron chi connectivity index (χ3n) is 5.71. The molecule has 0 spiro atoms. The molecule has 8 heteroatoms. The number of hydrogen-bond acceptors (Lipinski definition) is 7. The van der Waals surface area contributed by atoms with E-state index in [1.54, 1.807) is 18.0 Å². The zero-order valence-corrected chi connectivity index (χ0v) is 17.6. The highest BCUT2D eigenvalue weighted by molar-refractivity contribution is 7.99. The number of aromatic nitrogens is 6. The first-order valence-electron chi connectivity index (χ1n) is 10.2. The van der Waals surface area contributed by atoms with Crippen molar-refractivity contribution in [2.24, 2.45) is 0 Å². The molecular formula is C21H20N6S2. The minimum Gasteiger partial charge on any atom is -0.306 e. The van der Waals surface area contributed by atoms with Gasteiger partial charge in [-0.05, 0) is 61.6 Å². The van der Waals surface area contributed by atoms with Crippen LogP contribution in [-0.2, 0) is 25.8 Å². The lowest BCUT2D eigenvalue weighted by atomic mass is 10.2. The Bertz CT molecular complexity index is 1200. The second kappa shape index (κ2) is 7.18. The van der Waals surface area contributed by atoms with Gasteiger partial charge in [0.15, 0.2) is 11.0 Å². The smallest absolute Gasteiger partial charge is 0.197 e. The highest BCUT2D eigenvalue weighted by Gasteiger charge is 2.25. The van der Waals surface area contributed by atoms with Crippen molar-refractivity contribution in [2.75, 3.05) is 0 Å². The summed E-state index contributed by atoms with van der Waals surface area (Å²) in [4.78, 5) is 16.7. The van der Waals surface area contributed by atoms with E-state index >= 15 is 0 Å². The molecule has 0 bridgehead atoms. The molecule has 29 heavy (non-hydrogen) atoms. The predicted octanol–water partition coefficient (Wildman–Crippen LogP) is 4.71. The normalized spacial score (nSPS) is 16.0. The molecule has 0 saturated carbocycles. The standard InChI is InChI=1S/C21H20N6S2/c1-2-9-16-25-26-21(27(16)11-3-1)29-20-17-14-7-4-8-15(14)28-19(17)23-18(24-20)13-6-5-10-22-12-13/h5-6,10,12H,1-4,7-9,11H2. The largest absolute Gasteiger partial charge is 0.306 e. The molecule has 1 aliphatic heterocycles. The molecule has 146 valence electrons. The lowest BCUT2D eigenvalue weighted by Gasteiger charge is -2.09. The van der Waals surface area contributed by atoms with Crippen LogP contribution in [0.1, 0.15) is 41.9 Å². The maximum atomic E-state index is 5.01.